The SMILES string of the molecule is CCN(C(=O)CN(CC1CCCCC1)C1CC1)C1CCS(=O)(=O)C1. The maximum atomic E-state index is 12.8. The Morgan fingerprint density at radius 2 is 1.71 bits per heavy atom. The predicted molar refractivity (Wildman–Crippen MR) is 95.6 cm³/mol. The van der Waals surface area contributed by atoms with Crippen molar-refractivity contribution in [1.82, 2.24) is 9.80 Å². The van der Waals surface area contributed by atoms with Gasteiger partial charge in [0.1, 0.15) is 0 Å². The van der Waals surface area contributed by atoms with E-state index < -0.39 is 9.84 Å². The lowest BCUT2D eigenvalue weighted by Gasteiger charge is -2.33. The van der Waals surface area contributed by atoms with E-state index in [1.54, 1.807) is 0 Å². The Kier molecular flexibility index (Phi) is 5.85. The molecule has 3 rings (SSSR count). The Hall–Kier alpha value is -0.620. The van der Waals surface area contributed by atoms with E-state index in [1.165, 1.54) is 44.9 Å². The molecule has 1 unspecified atom stereocenters. The molecule has 1 atom stereocenters. The standard InChI is InChI=1S/C18H32N2O3S/c1-2-20(17-10-11-24(22,23)14-17)18(21)13-19(16-8-9-16)12-15-6-4-3-5-7-15/h15-17H,2-14H2,1H3. The zero-order valence-corrected chi connectivity index (χ0v) is 15.8. The molecule has 1 saturated heterocycles. The van der Waals surface area contributed by atoms with Crippen LogP contribution in [0.25, 0.3) is 0 Å². The number of hydrogen-bond donors (Lipinski definition) is 0. The van der Waals surface area contributed by atoms with Crippen molar-refractivity contribution in [3.63, 3.8) is 0 Å². The maximum Gasteiger partial charge on any atom is 0.237 e. The zero-order valence-electron chi connectivity index (χ0n) is 15.0. The molecule has 5 nitrogen and oxygen atoms in total. The third-order valence-corrected chi connectivity index (χ3v) is 7.68. The largest absolute Gasteiger partial charge is 0.338 e. The van der Waals surface area contributed by atoms with Gasteiger partial charge in [-0.1, -0.05) is 19.3 Å². The topological polar surface area (TPSA) is 57.7 Å². The quantitative estimate of drug-likeness (QED) is 0.701. The van der Waals surface area contributed by atoms with Crippen LogP contribution >= 0.6 is 0 Å². The van der Waals surface area contributed by atoms with Gasteiger partial charge in [0.05, 0.1) is 18.1 Å². The number of likely N-dealkylation sites (N-methyl/N-ethyl adjacent to an activating group) is 1. The molecule has 138 valence electrons. The van der Waals surface area contributed by atoms with Gasteiger partial charge < -0.3 is 4.90 Å². The van der Waals surface area contributed by atoms with Crippen LogP contribution in [-0.2, 0) is 14.6 Å². The molecule has 24 heavy (non-hydrogen) atoms. The number of sulfone groups is 1. The van der Waals surface area contributed by atoms with E-state index in [0.29, 0.717) is 25.6 Å². The molecule has 0 aromatic carbocycles. The van der Waals surface area contributed by atoms with Gasteiger partial charge in [0.15, 0.2) is 9.84 Å². The fraction of sp³-hybridized carbons (Fsp3) is 0.944. The highest BCUT2D eigenvalue weighted by molar-refractivity contribution is 7.91. The Balaban J connectivity index is 1.57. The number of rotatable bonds is 7. The Morgan fingerprint density at radius 1 is 1.00 bits per heavy atom. The van der Waals surface area contributed by atoms with E-state index in [-0.39, 0.29) is 23.5 Å². The summed E-state index contributed by atoms with van der Waals surface area (Å²) in [4.78, 5) is 17.1. The highest BCUT2D eigenvalue weighted by Crippen LogP contribution is 2.31. The summed E-state index contributed by atoms with van der Waals surface area (Å²) in [5.41, 5.74) is 0. The number of nitrogens with zero attached hydrogens (tertiary/aromatic N) is 2. The first kappa shape index (κ1) is 18.2. The second-order valence-corrected chi connectivity index (χ2v) is 10.1. The van der Waals surface area contributed by atoms with Crippen LogP contribution in [0.1, 0.15) is 58.3 Å². The van der Waals surface area contributed by atoms with Crippen molar-refractivity contribution in [2.75, 3.05) is 31.1 Å². The van der Waals surface area contributed by atoms with E-state index in [9.17, 15) is 13.2 Å². The van der Waals surface area contributed by atoms with Gasteiger partial charge in [-0.25, -0.2) is 8.42 Å². The summed E-state index contributed by atoms with van der Waals surface area (Å²) in [6.07, 6.45) is 9.66. The van der Waals surface area contributed by atoms with Gasteiger partial charge in [-0.2, -0.15) is 0 Å². The van der Waals surface area contributed by atoms with Gasteiger partial charge in [0, 0.05) is 25.2 Å². The second kappa shape index (κ2) is 7.73. The molecule has 1 amide bonds. The van der Waals surface area contributed by atoms with E-state index >= 15 is 0 Å². The first-order valence-electron chi connectivity index (χ1n) is 9.72. The first-order valence-corrected chi connectivity index (χ1v) is 11.5. The lowest BCUT2D eigenvalue weighted by Crippen LogP contribution is -2.47. The summed E-state index contributed by atoms with van der Waals surface area (Å²) in [6, 6.07) is 0.477. The lowest BCUT2D eigenvalue weighted by molar-refractivity contribution is -0.134. The molecule has 0 aromatic heterocycles. The zero-order chi connectivity index (χ0) is 17.2. The van der Waals surface area contributed by atoms with Crippen LogP contribution in [0, 0.1) is 5.92 Å². The van der Waals surface area contributed by atoms with Crippen molar-refractivity contribution in [2.45, 2.75) is 70.4 Å². The monoisotopic (exact) mass is 356 g/mol. The molecule has 0 N–H and O–H groups in total. The van der Waals surface area contributed by atoms with Crippen molar-refractivity contribution in [2.24, 2.45) is 5.92 Å². The van der Waals surface area contributed by atoms with Crippen LogP contribution in [0.4, 0.5) is 0 Å². The normalized spacial score (nSPS) is 27.5. The number of hydrogen-bond acceptors (Lipinski definition) is 4. The van der Waals surface area contributed by atoms with Gasteiger partial charge in [-0.3, -0.25) is 9.69 Å². The molecule has 3 fully saturated rings. The van der Waals surface area contributed by atoms with Gasteiger partial charge in [0.2, 0.25) is 5.91 Å². The molecule has 2 saturated carbocycles. The van der Waals surface area contributed by atoms with E-state index in [0.717, 1.165) is 12.5 Å². The van der Waals surface area contributed by atoms with Gasteiger partial charge in [-0.15, -0.1) is 0 Å². The van der Waals surface area contributed by atoms with Crippen molar-refractivity contribution in [3.8, 4) is 0 Å². The molecule has 0 spiro atoms. The third kappa shape index (κ3) is 4.72. The smallest absolute Gasteiger partial charge is 0.237 e. The molecular weight excluding hydrogens is 324 g/mol. The Bertz CT molecular complexity index is 538. The van der Waals surface area contributed by atoms with E-state index in [4.69, 9.17) is 0 Å². The van der Waals surface area contributed by atoms with Crippen molar-refractivity contribution >= 4 is 15.7 Å². The van der Waals surface area contributed by atoms with Crippen LogP contribution < -0.4 is 0 Å². The minimum absolute atomic E-state index is 0.108. The average Bonchev–Trinajstić information content (AvgIpc) is 3.33. The van der Waals surface area contributed by atoms with Gasteiger partial charge in [0.25, 0.3) is 0 Å². The minimum Gasteiger partial charge on any atom is -0.338 e. The fourth-order valence-electron chi connectivity index (χ4n) is 4.41. The van der Waals surface area contributed by atoms with Crippen LogP contribution in [0.3, 0.4) is 0 Å². The summed E-state index contributed by atoms with van der Waals surface area (Å²) < 4.78 is 23.5. The molecule has 1 aliphatic heterocycles. The van der Waals surface area contributed by atoms with Crippen molar-refractivity contribution in [1.29, 1.82) is 0 Å². The maximum absolute atomic E-state index is 12.8. The third-order valence-electron chi connectivity index (χ3n) is 5.93. The van der Waals surface area contributed by atoms with Crippen LogP contribution in [0.15, 0.2) is 0 Å². The van der Waals surface area contributed by atoms with Gasteiger partial charge >= 0.3 is 0 Å². The molecule has 6 heteroatoms. The molecule has 0 radical (unpaired) electrons. The molecule has 2 aliphatic carbocycles. The minimum atomic E-state index is -2.95. The average molecular weight is 357 g/mol. The summed E-state index contributed by atoms with van der Waals surface area (Å²) in [5, 5.41) is 0. The Labute approximate surface area is 146 Å². The van der Waals surface area contributed by atoms with Gasteiger partial charge in [-0.05, 0) is 44.9 Å². The first-order chi connectivity index (χ1) is 11.5. The predicted octanol–water partition coefficient (Wildman–Crippen LogP) is 2.07. The number of amides is 1. The summed E-state index contributed by atoms with van der Waals surface area (Å²) in [7, 11) is -2.95. The van der Waals surface area contributed by atoms with Crippen LogP contribution in [0.2, 0.25) is 0 Å². The number of carbonyl (C=O) groups is 1. The molecule has 1 heterocycles. The van der Waals surface area contributed by atoms with Crippen LogP contribution in [-0.4, -0.2) is 67.3 Å². The lowest BCUT2D eigenvalue weighted by atomic mass is 9.89. The fourth-order valence-corrected chi connectivity index (χ4v) is 6.14. The second-order valence-electron chi connectivity index (χ2n) is 7.90. The molecule has 0 bridgehead atoms. The van der Waals surface area contributed by atoms with Crippen LogP contribution in [0.5, 0.6) is 0 Å². The summed E-state index contributed by atoms with van der Waals surface area (Å²) in [5.74, 6) is 1.26. The summed E-state index contributed by atoms with van der Waals surface area (Å²) >= 11 is 0. The van der Waals surface area contributed by atoms with E-state index in [2.05, 4.69) is 4.90 Å². The summed E-state index contributed by atoms with van der Waals surface area (Å²) in [6.45, 7) is 4.11. The van der Waals surface area contributed by atoms with Crippen molar-refractivity contribution in [3.05, 3.63) is 0 Å². The molecule has 3 aliphatic rings. The highest BCUT2D eigenvalue weighted by Gasteiger charge is 2.37. The van der Waals surface area contributed by atoms with Crippen molar-refractivity contribution < 1.29 is 13.2 Å². The number of carbonyl (C=O) groups excluding carboxylic acids is 1. The van der Waals surface area contributed by atoms with E-state index in [1.807, 2.05) is 11.8 Å². The molecular formula is C18H32N2O3S. The highest BCUT2D eigenvalue weighted by atomic mass is 32.2. The Morgan fingerprint density at radius 3 is 2.25 bits per heavy atom. The molecule has 0 aromatic rings.